The summed E-state index contributed by atoms with van der Waals surface area (Å²) in [6.45, 7) is 9.08. The van der Waals surface area contributed by atoms with Crippen LogP contribution in [0.15, 0.2) is 29.2 Å². The third-order valence-electron chi connectivity index (χ3n) is 3.22. The molecule has 0 radical (unpaired) electrons. The number of hydrogen-bond donors (Lipinski definition) is 1. The fourth-order valence-electron chi connectivity index (χ4n) is 1.89. The number of ether oxygens (including phenoxy) is 1. The molecule has 1 N–H and O–H groups in total. The van der Waals surface area contributed by atoms with Gasteiger partial charge in [-0.1, -0.05) is 12.1 Å². The predicted octanol–water partition coefficient (Wildman–Crippen LogP) is 3.93. The van der Waals surface area contributed by atoms with Crippen LogP contribution in [0.3, 0.4) is 0 Å². The minimum Gasteiger partial charge on any atom is -0.444 e. The van der Waals surface area contributed by atoms with E-state index in [9.17, 15) is 4.79 Å². The van der Waals surface area contributed by atoms with Crippen LogP contribution in [0, 0.1) is 0 Å². The molecular weight excluding hydrogens is 296 g/mol. The molecule has 0 fully saturated rings. The second kappa shape index (κ2) is 8.44. The van der Waals surface area contributed by atoms with Crippen molar-refractivity contribution in [3.05, 3.63) is 29.8 Å². The number of likely N-dealkylation sites (N-methyl/N-ethyl adjacent to an activating group) is 1. The van der Waals surface area contributed by atoms with E-state index in [0.29, 0.717) is 6.54 Å². The third-order valence-corrected chi connectivity index (χ3v) is 3.96. The Morgan fingerprint density at radius 3 is 2.41 bits per heavy atom. The Morgan fingerprint density at radius 1 is 1.32 bits per heavy atom. The van der Waals surface area contributed by atoms with Gasteiger partial charge < -0.3 is 15.0 Å². The minimum atomic E-state index is -0.453. The number of rotatable bonds is 6. The molecule has 22 heavy (non-hydrogen) atoms. The van der Waals surface area contributed by atoms with Crippen molar-refractivity contribution >= 4 is 17.9 Å². The van der Waals surface area contributed by atoms with Gasteiger partial charge in [-0.25, -0.2) is 4.79 Å². The van der Waals surface area contributed by atoms with Gasteiger partial charge in [-0.3, -0.25) is 0 Å². The van der Waals surface area contributed by atoms with Gasteiger partial charge in [0.05, 0.1) is 0 Å². The highest BCUT2D eigenvalue weighted by Crippen LogP contribution is 2.18. The third kappa shape index (κ3) is 6.71. The summed E-state index contributed by atoms with van der Waals surface area (Å²) >= 11 is 1.74. The second-order valence-corrected chi connectivity index (χ2v) is 7.23. The molecule has 1 aromatic rings. The number of nitrogens with zero attached hydrogens (tertiary/aromatic N) is 1. The molecule has 0 saturated carbocycles. The van der Waals surface area contributed by atoms with Crippen molar-refractivity contribution in [2.75, 3.05) is 26.4 Å². The molecule has 1 amide bonds. The standard InChI is InChI=1S/C17H28N2O2S/c1-13(14-7-9-15(22-6)10-8-14)18-11-12-19(5)16(20)21-17(2,3)4/h7-10,13,18H,11-12H2,1-6H3. The topological polar surface area (TPSA) is 41.6 Å². The lowest BCUT2D eigenvalue weighted by molar-refractivity contribution is 0.0299. The molecule has 1 unspecified atom stereocenters. The maximum absolute atomic E-state index is 11.8. The van der Waals surface area contributed by atoms with Crippen molar-refractivity contribution in [2.24, 2.45) is 0 Å². The zero-order valence-corrected chi connectivity index (χ0v) is 15.3. The average molecular weight is 324 g/mol. The van der Waals surface area contributed by atoms with Crippen LogP contribution in [0.1, 0.15) is 39.3 Å². The molecule has 1 atom stereocenters. The summed E-state index contributed by atoms with van der Waals surface area (Å²) in [6.07, 6.45) is 1.79. The number of amides is 1. The van der Waals surface area contributed by atoms with Crippen LogP contribution < -0.4 is 5.32 Å². The number of benzene rings is 1. The summed E-state index contributed by atoms with van der Waals surface area (Å²) < 4.78 is 5.32. The fraction of sp³-hybridized carbons (Fsp3) is 0.588. The van der Waals surface area contributed by atoms with Gasteiger partial charge in [0.1, 0.15) is 5.60 Å². The average Bonchev–Trinajstić information content (AvgIpc) is 2.45. The van der Waals surface area contributed by atoms with Gasteiger partial charge in [-0.2, -0.15) is 0 Å². The normalized spacial score (nSPS) is 12.8. The van der Waals surface area contributed by atoms with Crippen LogP contribution in [0.2, 0.25) is 0 Å². The quantitative estimate of drug-likeness (QED) is 0.805. The molecule has 124 valence electrons. The highest BCUT2D eigenvalue weighted by Gasteiger charge is 2.19. The van der Waals surface area contributed by atoms with Crippen LogP contribution >= 0.6 is 11.8 Å². The number of thioether (sulfide) groups is 1. The maximum atomic E-state index is 11.8. The van der Waals surface area contributed by atoms with Crippen molar-refractivity contribution in [1.82, 2.24) is 10.2 Å². The highest BCUT2D eigenvalue weighted by atomic mass is 32.2. The van der Waals surface area contributed by atoms with E-state index >= 15 is 0 Å². The lowest BCUT2D eigenvalue weighted by Crippen LogP contribution is -2.38. The first kappa shape index (κ1) is 18.8. The largest absolute Gasteiger partial charge is 0.444 e. The summed E-state index contributed by atoms with van der Waals surface area (Å²) in [5.74, 6) is 0. The SMILES string of the molecule is CSc1ccc(C(C)NCCN(C)C(=O)OC(C)(C)C)cc1. The van der Waals surface area contributed by atoms with Crippen LogP contribution in [-0.2, 0) is 4.74 Å². The molecular formula is C17H28N2O2S. The first-order chi connectivity index (χ1) is 10.2. The number of nitrogens with one attached hydrogen (secondary N) is 1. The van der Waals surface area contributed by atoms with E-state index in [1.54, 1.807) is 23.7 Å². The Morgan fingerprint density at radius 2 is 1.91 bits per heavy atom. The van der Waals surface area contributed by atoms with Crippen molar-refractivity contribution in [1.29, 1.82) is 0 Å². The Balaban J connectivity index is 2.37. The van der Waals surface area contributed by atoms with E-state index in [1.807, 2.05) is 20.8 Å². The van der Waals surface area contributed by atoms with Crippen LogP contribution in [0.5, 0.6) is 0 Å². The smallest absolute Gasteiger partial charge is 0.410 e. The zero-order chi connectivity index (χ0) is 16.8. The Bertz CT molecular complexity index is 469. The van der Waals surface area contributed by atoms with Crippen molar-refractivity contribution in [3.8, 4) is 0 Å². The van der Waals surface area contributed by atoms with E-state index < -0.39 is 5.60 Å². The molecule has 1 aromatic carbocycles. The van der Waals surface area contributed by atoms with Crippen LogP contribution in [-0.4, -0.2) is 43.0 Å². The molecule has 5 heteroatoms. The van der Waals surface area contributed by atoms with E-state index in [0.717, 1.165) is 6.54 Å². The molecule has 0 aromatic heterocycles. The molecule has 0 aliphatic heterocycles. The minimum absolute atomic E-state index is 0.253. The lowest BCUT2D eigenvalue weighted by atomic mass is 10.1. The summed E-state index contributed by atoms with van der Waals surface area (Å²) in [6, 6.07) is 8.79. The first-order valence-electron chi connectivity index (χ1n) is 7.54. The van der Waals surface area contributed by atoms with E-state index in [2.05, 4.69) is 42.8 Å². The van der Waals surface area contributed by atoms with Crippen molar-refractivity contribution in [3.63, 3.8) is 0 Å². The molecule has 1 rings (SSSR count). The summed E-state index contributed by atoms with van der Waals surface area (Å²) in [5, 5.41) is 3.43. The molecule has 0 bridgehead atoms. The maximum Gasteiger partial charge on any atom is 0.410 e. The van der Waals surface area contributed by atoms with E-state index in [1.165, 1.54) is 10.5 Å². The number of hydrogen-bond acceptors (Lipinski definition) is 4. The van der Waals surface area contributed by atoms with E-state index in [-0.39, 0.29) is 12.1 Å². The molecule has 0 aliphatic rings. The number of carbonyl (C=O) groups is 1. The van der Waals surface area contributed by atoms with Gasteiger partial charge in [-0.15, -0.1) is 11.8 Å². The van der Waals surface area contributed by atoms with E-state index in [4.69, 9.17) is 4.74 Å². The fourth-order valence-corrected chi connectivity index (χ4v) is 2.30. The molecule has 0 saturated heterocycles. The summed E-state index contributed by atoms with van der Waals surface area (Å²) in [7, 11) is 1.76. The Labute approximate surface area is 138 Å². The summed E-state index contributed by atoms with van der Waals surface area (Å²) in [5.41, 5.74) is 0.795. The van der Waals surface area contributed by atoms with Gasteiger partial charge in [0.25, 0.3) is 0 Å². The summed E-state index contributed by atoms with van der Waals surface area (Å²) in [4.78, 5) is 14.7. The first-order valence-corrected chi connectivity index (χ1v) is 8.77. The molecule has 0 aliphatic carbocycles. The van der Waals surface area contributed by atoms with Crippen LogP contribution in [0.25, 0.3) is 0 Å². The highest BCUT2D eigenvalue weighted by molar-refractivity contribution is 7.98. The molecule has 4 nitrogen and oxygen atoms in total. The van der Waals surface area contributed by atoms with Gasteiger partial charge in [-0.05, 0) is 51.6 Å². The second-order valence-electron chi connectivity index (χ2n) is 6.35. The number of carbonyl (C=O) groups excluding carboxylic acids is 1. The predicted molar refractivity (Wildman–Crippen MR) is 93.5 cm³/mol. The Kier molecular flexibility index (Phi) is 7.23. The van der Waals surface area contributed by atoms with Gasteiger partial charge >= 0.3 is 6.09 Å². The van der Waals surface area contributed by atoms with Gasteiger partial charge in [0.2, 0.25) is 0 Å². The molecule has 0 heterocycles. The van der Waals surface area contributed by atoms with Gasteiger partial charge in [0, 0.05) is 31.1 Å². The van der Waals surface area contributed by atoms with Crippen molar-refractivity contribution in [2.45, 2.75) is 44.2 Å². The zero-order valence-electron chi connectivity index (χ0n) is 14.5. The van der Waals surface area contributed by atoms with Crippen molar-refractivity contribution < 1.29 is 9.53 Å². The van der Waals surface area contributed by atoms with Gasteiger partial charge in [0.15, 0.2) is 0 Å². The molecule has 0 spiro atoms. The monoisotopic (exact) mass is 324 g/mol. The van der Waals surface area contributed by atoms with Crippen LogP contribution in [0.4, 0.5) is 4.79 Å². The Hall–Kier alpha value is -1.20. The lowest BCUT2D eigenvalue weighted by Gasteiger charge is -2.25.